The van der Waals surface area contributed by atoms with Crippen LogP contribution in [0.3, 0.4) is 0 Å². The first kappa shape index (κ1) is 28.0. The summed E-state index contributed by atoms with van der Waals surface area (Å²) in [6, 6.07) is 10.1. The number of fused-ring (bicyclic) bond motifs is 1. The zero-order chi connectivity index (χ0) is 11.6. The number of halogens is 2. The molecule has 0 spiro atoms. The van der Waals surface area contributed by atoms with Crippen LogP contribution >= 0.6 is 24.8 Å². The largest absolute Gasteiger partial charge is 0.477 e. The van der Waals surface area contributed by atoms with E-state index in [-0.39, 0.29) is 39.7 Å². The summed E-state index contributed by atoms with van der Waals surface area (Å²) in [7, 11) is 2.97. The summed E-state index contributed by atoms with van der Waals surface area (Å²) in [5, 5.41) is 1.22. The number of H-pyrrole nitrogens is 1. The molecule has 0 fully saturated rings. The summed E-state index contributed by atoms with van der Waals surface area (Å²) in [5.41, 5.74) is 1.15. The minimum Gasteiger partial charge on any atom is -0.477 e. The van der Waals surface area contributed by atoms with E-state index in [0.717, 1.165) is 11.9 Å². The molecule has 1 N–H and O–H groups in total. The second-order valence-electron chi connectivity index (χ2n) is 3.00. The maximum absolute atomic E-state index is 2.99. The van der Waals surface area contributed by atoms with E-state index in [4.69, 9.17) is 0 Å². The van der Waals surface area contributed by atoms with Crippen LogP contribution < -0.4 is 0 Å². The minimum absolute atomic E-state index is 0. The molecule has 1 aromatic heterocycles. The van der Waals surface area contributed by atoms with Crippen LogP contribution in [0.15, 0.2) is 48.6 Å². The van der Waals surface area contributed by atoms with Gasteiger partial charge < -0.3 is 19.8 Å². The van der Waals surface area contributed by atoms with Crippen molar-refractivity contribution in [1.82, 2.24) is 4.98 Å². The van der Waals surface area contributed by atoms with Gasteiger partial charge in [0, 0.05) is 0 Å². The Morgan fingerprint density at radius 3 is 2.20 bits per heavy atom. The molecule has 0 saturated heterocycles. The molecule has 0 amide bonds. The van der Waals surface area contributed by atoms with Crippen molar-refractivity contribution in [3.8, 4) is 0 Å². The Labute approximate surface area is 149 Å². The molecule has 0 bridgehead atoms. The second kappa shape index (κ2) is 18.8. The van der Waals surface area contributed by atoms with Gasteiger partial charge in [-0.25, -0.2) is 12.2 Å². The molecule has 1 aliphatic carbocycles. The fraction of sp³-hybridized carbons (Fsp3) is 0.0667. The van der Waals surface area contributed by atoms with Crippen LogP contribution in [0, 0.1) is 27.1 Å². The van der Waals surface area contributed by atoms with Crippen LogP contribution in [0.4, 0.5) is 0 Å². The van der Waals surface area contributed by atoms with Crippen molar-refractivity contribution >= 4 is 43.3 Å². The molecule has 1 heterocycles. The standard InChI is InChI=1S/C8H6N.C5H5.2CH3.2ClH.Si.Ti/c1-2-4-8-7(3-1)5-6-9-8;1-2-4-5-3-1;;;;;;/h1-5,9H;1-3H,4H2;2*1H3;2*1H;;/q4*-1;;;;. The van der Waals surface area contributed by atoms with Crippen LogP contribution in [0.2, 0.25) is 0 Å². The molecule has 0 unspecified atom stereocenters. The Hall–Kier alpha value is -0.249. The average molecular weight is 360 g/mol. The molecular formula is C15H19Cl2NSiTi-4. The maximum atomic E-state index is 2.99. The van der Waals surface area contributed by atoms with Gasteiger partial charge in [-0.1, -0.05) is 12.1 Å². The predicted molar refractivity (Wildman–Crippen MR) is 91.8 cm³/mol. The van der Waals surface area contributed by atoms with Crippen molar-refractivity contribution in [2.75, 3.05) is 0 Å². The molecule has 2 aromatic rings. The summed E-state index contributed by atoms with van der Waals surface area (Å²) >= 11 is 1.81. The van der Waals surface area contributed by atoms with Gasteiger partial charge in [0.15, 0.2) is 0 Å². The fourth-order valence-electron chi connectivity index (χ4n) is 1.27. The summed E-state index contributed by atoms with van der Waals surface area (Å²) in [6.07, 6.45) is 12.9. The first-order valence-corrected chi connectivity index (χ1v) is 7.71. The number of aromatic amines is 1. The monoisotopic (exact) mass is 359 g/mol. The number of aromatic nitrogens is 1. The smallest absolute Gasteiger partial charge is 0.0745 e. The van der Waals surface area contributed by atoms with Crippen LogP contribution in [0.5, 0.6) is 0 Å². The first-order valence-electron chi connectivity index (χ1n) is 4.87. The van der Waals surface area contributed by atoms with Crippen LogP contribution in [-0.4, -0.2) is 12.6 Å². The van der Waals surface area contributed by atoms with Crippen molar-refractivity contribution in [3.63, 3.8) is 0 Å². The van der Waals surface area contributed by atoms with Crippen molar-refractivity contribution < 1.29 is 19.2 Å². The Kier molecular flexibility index (Phi) is 26.2. The zero-order valence-electron chi connectivity index (χ0n) is 11.6. The van der Waals surface area contributed by atoms with Gasteiger partial charge in [0.1, 0.15) is 0 Å². The van der Waals surface area contributed by atoms with E-state index >= 15 is 0 Å². The van der Waals surface area contributed by atoms with Gasteiger partial charge in [0.2, 0.25) is 0 Å². The molecule has 1 nitrogen and oxygen atoms in total. The fourth-order valence-corrected chi connectivity index (χ4v) is 1.27. The zero-order valence-corrected chi connectivity index (χ0v) is 15.8. The Balaban J connectivity index is -0.000000104. The molecule has 1 aliphatic rings. The first-order chi connectivity index (χ1) is 7.97. The summed E-state index contributed by atoms with van der Waals surface area (Å²) in [6.45, 7) is 0. The van der Waals surface area contributed by atoms with Crippen LogP contribution in [0.1, 0.15) is 6.42 Å². The number of hydrogen-bond acceptors (Lipinski definition) is 0. The second-order valence-corrected chi connectivity index (χ2v) is 3.00. The quantitative estimate of drug-likeness (QED) is 0.521. The third kappa shape index (κ3) is 10.5. The molecule has 0 atom stereocenters. The van der Waals surface area contributed by atoms with E-state index in [2.05, 4.69) is 37.0 Å². The molecular weight excluding hydrogens is 341 g/mol. The molecule has 2 radical (unpaired) electrons. The summed E-state index contributed by atoms with van der Waals surface area (Å²) < 4.78 is 0. The molecule has 0 aliphatic heterocycles. The van der Waals surface area contributed by atoms with Gasteiger partial charge in [-0.15, -0.1) is 55.1 Å². The van der Waals surface area contributed by atoms with Gasteiger partial charge in [-0.2, -0.15) is 17.5 Å². The third-order valence-electron chi connectivity index (χ3n) is 1.98. The molecule has 1 aromatic carbocycles. The number of para-hydroxylation sites is 1. The Bertz CT molecular complexity index is 443. The number of rotatable bonds is 0. The van der Waals surface area contributed by atoms with Crippen molar-refractivity contribution in [1.29, 1.82) is 0 Å². The van der Waals surface area contributed by atoms with Gasteiger partial charge >= 0.3 is 26.8 Å². The van der Waals surface area contributed by atoms with E-state index in [1.165, 1.54) is 5.39 Å². The van der Waals surface area contributed by atoms with Gasteiger partial charge in [0.25, 0.3) is 0 Å². The number of benzene rings is 1. The Morgan fingerprint density at radius 1 is 1.10 bits per heavy atom. The summed E-state index contributed by atoms with van der Waals surface area (Å²) in [4.78, 5) is 2.99. The third-order valence-corrected chi connectivity index (χ3v) is 1.98. The normalized spacial score (nSPS) is 9.15. The van der Waals surface area contributed by atoms with Crippen LogP contribution in [0.25, 0.3) is 10.9 Å². The van der Waals surface area contributed by atoms with Crippen molar-refractivity contribution in [2.45, 2.75) is 6.42 Å². The van der Waals surface area contributed by atoms with Crippen molar-refractivity contribution in [2.24, 2.45) is 0 Å². The van der Waals surface area contributed by atoms with Crippen molar-refractivity contribution in [3.05, 3.63) is 75.7 Å². The number of nitrogens with one attached hydrogen (secondary N) is 1. The predicted octanol–water partition coefficient (Wildman–Crippen LogP) is 4.63. The molecule has 5 heteroatoms. The molecule has 20 heavy (non-hydrogen) atoms. The average Bonchev–Trinajstić information content (AvgIpc) is 3.06. The van der Waals surface area contributed by atoms with Gasteiger partial charge in [-0.3, -0.25) is 6.08 Å². The molecule has 3 rings (SSSR count). The summed E-state index contributed by atoms with van der Waals surface area (Å²) in [5.74, 6) is 0. The van der Waals surface area contributed by atoms with E-state index in [9.17, 15) is 0 Å². The number of hydrogen-bond donors (Lipinski definition) is 1. The SMILES string of the molecule is Cl.Cl.[C-]1=CC=CC1.[CH3-].[CH3-].[Si]=[Ti].[c-]1cc2ccccc2[nH]1. The minimum atomic E-state index is 0. The molecule has 110 valence electrons. The topological polar surface area (TPSA) is 15.8 Å². The molecule has 0 saturated carbocycles. The van der Waals surface area contributed by atoms with E-state index in [1.807, 2.05) is 36.4 Å². The maximum Gasteiger partial charge on any atom is -0.0745 e. The van der Waals surface area contributed by atoms with Crippen LogP contribution in [-0.2, 0) is 19.2 Å². The van der Waals surface area contributed by atoms with E-state index < -0.39 is 0 Å². The van der Waals surface area contributed by atoms with Gasteiger partial charge in [0.05, 0.1) is 0 Å². The van der Waals surface area contributed by atoms with E-state index in [0.29, 0.717) is 0 Å². The van der Waals surface area contributed by atoms with Gasteiger partial charge in [-0.05, 0) is 0 Å². The van der Waals surface area contributed by atoms with E-state index in [1.54, 1.807) is 19.2 Å². The Morgan fingerprint density at radius 2 is 1.75 bits per heavy atom. The number of allylic oxidation sites excluding steroid dienone is 4.